The Balaban J connectivity index is 1.92. The van der Waals surface area contributed by atoms with Gasteiger partial charge in [-0.05, 0) is 36.1 Å². The van der Waals surface area contributed by atoms with E-state index in [9.17, 15) is 0 Å². The molecule has 21 heavy (non-hydrogen) atoms. The Bertz CT molecular complexity index is 693. The molecule has 0 saturated heterocycles. The lowest BCUT2D eigenvalue weighted by Gasteiger charge is -2.11. The number of hydrogen-bond acceptors (Lipinski definition) is 1. The quantitative estimate of drug-likeness (QED) is 0.696. The van der Waals surface area contributed by atoms with Crippen LogP contribution < -0.4 is 0 Å². The van der Waals surface area contributed by atoms with Gasteiger partial charge in [0, 0.05) is 9.80 Å². The third-order valence-corrected chi connectivity index (χ3v) is 4.54. The van der Waals surface area contributed by atoms with E-state index in [1.807, 2.05) is 0 Å². The molecular formula is C20H18S. The highest BCUT2D eigenvalue weighted by atomic mass is 32.2. The lowest BCUT2D eigenvalue weighted by molar-refractivity contribution is 1.01. The van der Waals surface area contributed by atoms with Gasteiger partial charge in [-0.25, -0.2) is 0 Å². The molecule has 2 aromatic carbocycles. The largest absolute Gasteiger partial charge is 0.0904 e. The van der Waals surface area contributed by atoms with Crippen LogP contribution in [0.2, 0.25) is 0 Å². The van der Waals surface area contributed by atoms with E-state index in [0.29, 0.717) is 0 Å². The van der Waals surface area contributed by atoms with Gasteiger partial charge in [0.25, 0.3) is 0 Å². The zero-order valence-corrected chi connectivity index (χ0v) is 12.8. The Hall–Kier alpha value is -1.99. The van der Waals surface area contributed by atoms with Crippen molar-refractivity contribution in [1.29, 1.82) is 0 Å². The Morgan fingerprint density at radius 3 is 2.57 bits per heavy atom. The van der Waals surface area contributed by atoms with Gasteiger partial charge in [0.2, 0.25) is 0 Å². The second kappa shape index (κ2) is 6.64. The number of rotatable bonds is 2. The zero-order valence-electron chi connectivity index (χ0n) is 12.0. The molecule has 3 rings (SSSR count). The summed E-state index contributed by atoms with van der Waals surface area (Å²) in [5.41, 5.74) is 4.18. The summed E-state index contributed by atoms with van der Waals surface area (Å²) in [6, 6.07) is 19.3. The summed E-state index contributed by atoms with van der Waals surface area (Å²) in [5, 5.41) is 0. The first-order valence-electron chi connectivity index (χ1n) is 7.16. The van der Waals surface area contributed by atoms with Crippen molar-refractivity contribution < 1.29 is 0 Å². The van der Waals surface area contributed by atoms with Crippen molar-refractivity contribution in [3.63, 3.8) is 0 Å². The van der Waals surface area contributed by atoms with Crippen LogP contribution >= 0.6 is 11.8 Å². The molecule has 0 bridgehead atoms. The fourth-order valence-electron chi connectivity index (χ4n) is 2.50. The molecule has 0 atom stereocenters. The highest BCUT2D eigenvalue weighted by Crippen LogP contribution is 2.32. The number of hydrogen-bond donors (Lipinski definition) is 0. The van der Waals surface area contributed by atoms with Crippen LogP contribution in [0.3, 0.4) is 0 Å². The van der Waals surface area contributed by atoms with Gasteiger partial charge in [-0.1, -0.05) is 84.6 Å². The van der Waals surface area contributed by atoms with E-state index in [1.54, 1.807) is 11.8 Å². The number of allylic oxidation sites excluding steroid dienone is 4. The van der Waals surface area contributed by atoms with Crippen LogP contribution in [0.25, 0.3) is 0 Å². The number of thioether (sulfide) groups is 1. The minimum atomic E-state index is 0.996. The third-order valence-electron chi connectivity index (χ3n) is 3.52. The topological polar surface area (TPSA) is 0 Å². The van der Waals surface area contributed by atoms with Crippen molar-refractivity contribution in [2.24, 2.45) is 0 Å². The number of fused-ring (bicyclic) bond motifs is 1. The summed E-state index contributed by atoms with van der Waals surface area (Å²) in [4.78, 5) is 2.40. The van der Waals surface area contributed by atoms with Crippen LogP contribution in [0.5, 0.6) is 0 Å². The van der Waals surface area contributed by atoms with Crippen molar-refractivity contribution in [2.45, 2.75) is 17.7 Å². The van der Waals surface area contributed by atoms with E-state index in [2.05, 4.69) is 79.4 Å². The molecule has 0 aliphatic carbocycles. The maximum absolute atomic E-state index is 4.11. The van der Waals surface area contributed by atoms with E-state index in [-0.39, 0.29) is 0 Å². The van der Waals surface area contributed by atoms with Gasteiger partial charge in [-0.15, -0.1) is 0 Å². The summed E-state index contributed by atoms with van der Waals surface area (Å²) in [6.07, 6.45) is 8.45. The number of benzene rings is 2. The van der Waals surface area contributed by atoms with Gasteiger partial charge < -0.3 is 0 Å². The van der Waals surface area contributed by atoms with Crippen molar-refractivity contribution in [3.05, 3.63) is 101 Å². The molecule has 2 aromatic rings. The van der Waals surface area contributed by atoms with Crippen LogP contribution in [0.15, 0.2) is 94.8 Å². The van der Waals surface area contributed by atoms with E-state index in [4.69, 9.17) is 0 Å². The molecule has 0 amide bonds. The minimum Gasteiger partial charge on any atom is -0.0904 e. The predicted octanol–water partition coefficient (Wildman–Crippen LogP) is 5.57. The fraction of sp³-hybridized carbons (Fsp3) is 0.100. The molecule has 104 valence electrons. The van der Waals surface area contributed by atoms with Gasteiger partial charge in [0.15, 0.2) is 0 Å². The predicted molar refractivity (Wildman–Crippen MR) is 92.5 cm³/mol. The van der Waals surface area contributed by atoms with E-state index < -0.39 is 0 Å². The first-order valence-corrected chi connectivity index (χ1v) is 7.97. The molecule has 0 N–H and O–H groups in total. The average Bonchev–Trinajstić information content (AvgIpc) is 2.57. The van der Waals surface area contributed by atoms with Crippen LogP contribution in [0, 0.1) is 0 Å². The molecule has 1 heterocycles. The highest BCUT2D eigenvalue weighted by molar-refractivity contribution is 8.03. The minimum absolute atomic E-state index is 0.996. The van der Waals surface area contributed by atoms with E-state index in [1.165, 1.54) is 21.6 Å². The molecule has 1 aliphatic rings. The smallest absolute Gasteiger partial charge is 0.0157 e. The standard InChI is InChI=1S/C20H18S/c1-16-8-7-11-18(14-17-9-3-2-4-10-17)15-19-12-5-6-13-20(19)21-16/h2-13H,1,14-15H2/b8-7-,18-11-. The van der Waals surface area contributed by atoms with Crippen LogP contribution in [-0.4, -0.2) is 0 Å². The first-order chi connectivity index (χ1) is 10.3. The molecule has 0 spiro atoms. The fourth-order valence-corrected chi connectivity index (χ4v) is 3.35. The van der Waals surface area contributed by atoms with Crippen molar-refractivity contribution >= 4 is 11.8 Å². The van der Waals surface area contributed by atoms with Crippen molar-refractivity contribution in [1.82, 2.24) is 0 Å². The van der Waals surface area contributed by atoms with Gasteiger partial charge >= 0.3 is 0 Å². The lowest BCUT2D eigenvalue weighted by Crippen LogP contribution is -1.96. The van der Waals surface area contributed by atoms with Gasteiger partial charge in [-0.3, -0.25) is 0 Å². The maximum Gasteiger partial charge on any atom is 0.0157 e. The normalized spacial score (nSPS) is 18.7. The summed E-state index contributed by atoms with van der Waals surface area (Å²) < 4.78 is 0. The molecule has 0 unspecified atom stereocenters. The average molecular weight is 290 g/mol. The molecule has 0 nitrogen and oxygen atoms in total. The van der Waals surface area contributed by atoms with Gasteiger partial charge in [-0.2, -0.15) is 0 Å². The molecular weight excluding hydrogens is 272 g/mol. The summed E-state index contributed by atoms with van der Waals surface area (Å²) >= 11 is 1.75. The van der Waals surface area contributed by atoms with Crippen molar-refractivity contribution in [3.8, 4) is 0 Å². The highest BCUT2D eigenvalue weighted by Gasteiger charge is 2.08. The second-order valence-corrected chi connectivity index (χ2v) is 6.37. The Kier molecular flexibility index (Phi) is 4.42. The monoisotopic (exact) mass is 290 g/mol. The molecule has 0 radical (unpaired) electrons. The van der Waals surface area contributed by atoms with E-state index >= 15 is 0 Å². The lowest BCUT2D eigenvalue weighted by atomic mass is 9.98. The Labute approximate surface area is 130 Å². The van der Waals surface area contributed by atoms with Crippen LogP contribution in [-0.2, 0) is 12.8 Å². The molecule has 1 heteroatoms. The first kappa shape index (κ1) is 14.0. The molecule has 1 aliphatic heterocycles. The second-order valence-electron chi connectivity index (χ2n) is 5.20. The Morgan fingerprint density at radius 1 is 0.952 bits per heavy atom. The molecule has 0 aromatic heterocycles. The summed E-state index contributed by atoms with van der Waals surface area (Å²) in [7, 11) is 0. The summed E-state index contributed by atoms with van der Waals surface area (Å²) in [5.74, 6) is 0. The third kappa shape index (κ3) is 3.77. The van der Waals surface area contributed by atoms with Crippen LogP contribution in [0.4, 0.5) is 0 Å². The SMILES string of the molecule is C=C1/C=C\C=C(\Cc2ccccc2)Cc2ccccc2S1. The zero-order chi connectivity index (χ0) is 14.5. The van der Waals surface area contributed by atoms with Crippen LogP contribution in [0.1, 0.15) is 11.1 Å². The van der Waals surface area contributed by atoms with Crippen molar-refractivity contribution in [2.75, 3.05) is 0 Å². The summed E-state index contributed by atoms with van der Waals surface area (Å²) in [6.45, 7) is 4.11. The maximum atomic E-state index is 4.11. The molecule has 0 saturated carbocycles. The Morgan fingerprint density at radius 2 is 1.71 bits per heavy atom. The molecule has 0 fully saturated rings. The van der Waals surface area contributed by atoms with Gasteiger partial charge in [0.05, 0.1) is 0 Å². The van der Waals surface area contributed by atoms with Gasteiger partial charge in [0.1, 0.15) is 0 Å². The van der Waals surface area contributed by atoms with E-state index in [0.717, 1.165) is 17.7 Å².